The fraction of sp³-hybridized carbons (Fsp3) is 1.00. The normalized spacial score (nSPS) is 13.8. The van der Waals surface area contributed by atoms with E-state index in [-0.39, 0.29) is 6.10 Å². The zero-order chi connectivity index (χ0) is 11.7. The van der Waals surface area contributed by atoms with Crippen molar-refractivity contribution in [3.63, 3.8) is 0 Å². The van der Waals surface area contributed by atoms with Crippen LogP contribution in [0.1, 0.15) is 40.5 Å². The molecule has 3 heteroatoms. The second-order valence-corrected chi connectivity index (χ2v) is 4.52. The molecule has 2 N–H and O–H groups in total. The highest BCUT2D eigenvalue weighted by atomic mass is 16.3. The Morgan fingerprint density at radius 2 is 1.67 bits per heavy atom. The van der Waals surface area contributed by atoms with Crippen molar-refractivity contribution in [2.24, 2.45) is 0 Å². The molecule has 0 saturated carbocycles. The van der Waals surface area contributed by atoms with Crippen molar-refractivity contribution in [3.8, 4) is 0 Å². The van der Waals surface area contributed by atoms with Gasteiger partial charge in [-0.15, -0.1) is 0 Å². The van der Waals surface area contributed by atoms with Crippen LogP contribution in [0.2, 0.25) is 0 Å². The number of aliphatic hydroxyl groups is 1. The molecule has 0 saturated heterocycles. The molecule has 0 fully saturated rings. The number of aliphatic hydroxyl groups excluding tert-OH is 1. The zero-order valence-electron chi connectivity index (χ0n) is 10.8. The molecule has 0 spiro atoms. The summed E-state index contributed by atoms with van der Waals surface area (Å²) in [6.45, 7) is 12.2. The lowest BCUT2D eigenvalue weighted by molar-refractivity contribution is 0.109. The van der Waals surface area contributed by atoms with Crippen LogP contribution < -0.4 is 5.32 Å². The molecule has 0 rings (SSSR count). The quantitative estimate of drug-likeness (QED) is 0.612. The third kappa shape index (κ3) is 8.85. The Bertz CT molecular complexity index is 134. The predicted octanol–water partition coefficient (Wildman–Crippen LogP) is 1.47. The van der Waals surface area contributed by atoms with E-state index in [1.807, 2.05) is 0 Å². The number of rotatable bonds is 9. The van der Waals surface area contributed by atoms with E-state index in [1.165, 1.54) is 0 Å². The first-order chi connectivity index (χ1) is 7.10. The molecule has 3 nitrogen and oxygen atoms in total. The van der Waals surface area contributed by atoms with Crippen LogP contribution in [0.5, 0.6) is 0 Å². The van der Waals surface area contributed by atoms with E-state index in [0.29, 0.717) is 12.6 Å². The van der Waals surface area contributed by atoms with Gasteiger partial charge in [-0.1, -0.05) is 27.7 Å². The van der Waals surface area contributed by atoms with Crippen LogP contribution in [0, 0.1) is 0 Å². The van der Waals surface area contributed by atoms with Gasteiger partial charge in [-0.05, 0) is 25.9 Å². The minimum absolute atomic E-state index is 0.245. The van der Waals surface area contributed by atoms with Crippen LogP contribution in [0.4, 0.5) is 0 Å². The first-order valence-corrected chi connectivity index (χ1v) is 6.23. The number of nitrogens with zero attached hydrogens (tertiary/aromatic N) is 1. The van der Waals surface area contributed by atoms with Gasteiger partial charge in [0.2, 0.25) is 0 Å². The molecule has 0 aromatic heterocycles. The summed E-state index contributed by atoms with van der Waals surface area (Å²) in [7, 11) is 0. The Labute approximate surface area is 94.9 Å². The lowest BCUT2D eigenvalue weighted by Gasteiger charge is -2.24. The van der Waals surface area contributed by atoms with Gasteiger partial charge in [-0.3, -0.25) is 0 Å². The summed E-state index contributed by atoms with van der Waals surface area (Å²) >= 11 is 0. The van der Waals surface area contributed by atoms with Crippen molar-refractivity contribution in [1.82, 2.24) is 10.2 Å². The largest absolute Gasteiger partial charge is 0.390 e. The fourth-order valence-corrected chi connectivity index (χ4v) is 1.66. The average Bonchev–Trinajstić information content (AvgIpc) is 2.15. The number of hydrogen-bond acceptors (Lipinski definition) is 3. The summed E-state index contributed by atoms with van der Waals surface area (Å²) in [5.41, 5.74) is 0. The molecule has 1 atom stereocenters. The van der Waals surface area contributed by atoms with Crippen LogP contribution in [0.25, 0.3) is 0 Å². The Hall–Kier alpha value is -0.120. The fourth-order valence-electron chi connectivity index (χ4n) is 1.66. The molecule has 0 aliphatic carbocycles. The molecule has 0 aromatic carbocycles. The van der Waals surface area contributed by atoms with Gasteiger partial charge in [0.1, 0.15) is 0 Å². The standard InChI is InChI=1S/C12H28N2O/c1-5-7-14(8-6-2)10-12(15)9-13-11(3)4/h11-13,15H,5-10H2,1-4H3. The summed E-state index contributed by atoms with van der Waals surface area (Å²) in [6, 6.07) is 0.449. The molecule has 1 unspecified atom stereocenters. The van der Waals surface area contributed by atoms with E-state index in [0.717, 1.165) is 32.5 Å². The molecular formula is C12H28N2O. The summed E-state index contributed by atoms with van der Waals surface area (Å²) in [4.78, 5) is 2.34. The molecule has 0 aromatic rings. The summed E-state index contributed by atoms with van der Waals surface area (Å²) in [5.74, 6) is 0. The van der Waals surface area contributed by atoms with Crippen LogP contribution in [0.3, 0.4) is 0 Å². The Morgan fingerprint density at radius 3 is 2.07 bits per heavy atom. The van der Waals surface area contributed by atoms with E-state index >= 15 is 0 Å². The van der Waals surface area contributed by atoms with E-state index in [1.54, 1.807) is 0 Å². The average molecular weight is 216 g/mol. The van der Waals surface area contributed by atoms with Crippen molar-refractivity contribution < 1.29 is 5.11 Å². The van der Waals surface area contributed by atoms with Gasteiger partial charge in [0, 0.05) is 19.1 Å². The maximum absolute atomic E-state index is 9.82. The van der Waals surface area contributed by atoms with Gasteiger partial charge in [0.15, 0.2) is 0 Å². The third-order valence-electron chi connectivity index (χ3n) is 2.31. The highest BCUT2D eigenvalue weighted by molar-refractivity contribution is 4.67. The monoisotopic (exact) mass is 216 g/mol. The highest BCUT2D eigenvalue weighted by Gasteiger charge is 2.10. The third-order valence-corrected chi connectivity index (χ3v) is 2.31. The van der Waals surface area contributed by atoms with E-state index < -0.39 is 0 Å². The van der Waals surface area contributed by atoms with Crippen LogP contribution in [-0.4, -0.2) is 48.3 Å². The SMILES string of the molecule is CCCN(CCC)CC(O)CNC(C)C. The topological polar surface area (TPSA) is 35.5 Å². The van der Waals surface area contributed by atoms with Crippen LogP contribution in [-0.2, 0) is 0 Å². The minimum Gasteiger partial charge on any atom is -0.390 e. The highest BCUT2D eigenvalue weighted by Crippen LogP contribution is 1.96. The van der Waals surface area contributed by atoms with Crippen molar-refractivity contribution in [3.05, 3.63) is 0 Å². The Morgan fingerprint density at radius 1 is 1.13 bits per heavy atom. The molecule has 0 bridgehead atoms. The predicted molar refractivity (Wildman–Crippen MR) is 66.2 cm³/mol. The van der Waals surface area contributed by atoms with Gasteiger partial charge in [0.05, 0.1) is 6.10 Å². The van der Waals surface area contributed by atoms with Gasteiger partial charge >= 0.3 is 0 Å². The Balaban J connectivity index is 3.72. The smallest absolute Gasteiger partial charge is 0.0791 e. The molecule has 0 heterocycles. The summed E-state index contributed by atoms with van der Waals surface area (Å²) < 4.78 is 0. The lowest BCUT2D eigenvalue weighted by Crippen LogP contribution is -2.40. The van der Waals surface area contributed by atoms with E-state index in [2.05, 4.69) is 37.9 Å². The molecule has 15 heavy (non-hydrogen) atoms. The molecule has 0 amide bonds. The maximum Gasteiger partial charge on any atom is 0.0791 e. The number of nitrogens with one attached hydrogen (secondary N) is 1. The van der Waals surface area contributed by atoms with Gasteiger partial charge < -0.3 is 15.3 Å². The van der Waals surface area contributed by atoms with Crippen molar-refractivity contribution in [1.29, 1.82) is 0 Å². The summed E-state index contributed by atoms with van der Waals surface area (Å²) in [6.07, 6.45) is 2.07. The van der Waals surface area contributed by atoms with E-state index in [4.69, 9.17) is 0 Å². The van der Waals surface area contributed by atoms with Crippen molar-refractivity contribution >= 4 is 0 Å². The second-order valence-electron chi connectivity index (χ2n) is 4.52. The van der Waals surface area contributed by atoms with Gasteiger partial charge in [0.25, 0.3) is 0 Å². The van der Waals surface area contributed by atoms with Gasteiger partial charge in [-0.2, -0.15) is 0 Å². The van der Waals surface area contributed by atoms with Crippen LogP contribution in [0.15, 0.2) is 0 Å². The molecule has 92 valence electrons. The van der Waals surface area contributed by atoms with Crippen molar-refractivity contribution in [2.45, 2.75) is 52.7 Å². The van der Waals surface area contributed by atoms with Crippen molar-refractivity contribution in [2.75, 3.05) is 26.2 Å². The number of hydrogen-bond donors (Lipinski definition) is 2. The van der Waals surface area contributed by atoms with Gasteiger partial charge in [-0.25, -0.2) is 0 Å². The molecule has 0 radical (unpaired) electrons. The molecule has 0 aliphatic rings. The van der Waals surface area contributed by atoms with E-state index in [9.17, 15) is 5.11 Å². The Kier molecular flexibility index (Phi) is 9.06. The molecular weight excluding hydrogens is 188 g/mol. The first-order valence-electron chi connectivity index (χ1n) is 6.23. The first kappa shape index (κ1) is 14.9. The summed E-state index contributed by atoms with van der Waals surface area (Å²) in [5, 5.41) is 13.1. The lowest BCUT2D eigenvalue weighted by atomic mass is 10.2. The molecule has 0 aliphatic heterocycles. The minimum atomic E-state index is -0.245. The van der Waals surface area contributed by atoms with Crippen LogP contribution >= 0.6 is 0 Å². The second kappa shape index (κ2) is 9.13. The zero-order valence-corrected chi connectivity index (χ0v) is 10.8. The maximum atomic E-state index is 9.82.